The van der Waals surface area contributed by atoms with Crippen molar-refractivity contribution in [1.82, 2.24) is 4.90 Å². The maximum absolute atomic E-state index is 12.8. The van der Waals surface area contributed by atoms with E-state index in [0.29, 0.717) is 29.5 Å². The Balaban J connectivity index is 1.75. The number of ether oxygens (including phenoxy) is 2. The molecule has 1 aliphatic heterocycles. The molecule has 1 aliphatic rings. The van der Waals surface area contributed by atoms with Crippen LogP contribution in [-0.2, 0) is 17.8 Å². The number of methoxy groups -OCH3 is 1. The standard InChI is InChI=1S/C20H19ClINO4S/c1-3-27-18-15(22)8-13(9-16(18)26-2)10-17-19(24)23(20(25)28-17)11-12-4-6-14(21)7-5-12/h4-9,17H,3,10-11H2,1-2H3/t17-/m0/s1. The number of nitrogens with zero attached hydrogens (tertiary/aromatic N) is 1. The highest BCUT2D eigenvalue weighted by atomic mass is 127. The normalized spacial score (nSPS) is 16.6. The summed E-state index contributed by atoms with van der Waals surface area (Å²) in [5, 5.41) is -0.0510. The van der Waals surface area contributed by atoms with E-state index in [4.69, 9.17) is 21.1 Å². The van der Waals surface area contributed by atoms with Crippen LogP contribution < -0.4 is 9.47 Å². The molecule has 8 heteroatoms. The second-order valence-corrected chi connectivity index (χ2v) is 8.92. The summed E-state index contributed by atoms with van der Waals surface area (Å²) in [7, 11) is 1.59. The van der Waals surface area contributed by atoms with Crippen molar-refractivity contribution in [2.45, 2.75) is 25.1 Å². The zero-order chi connectivity index (χ0) is 20.3. The first-order valence-electron chi connectivity index (χ1n) is 8.68. The van der Waals surface area contributed by atoms with E-state index < -0.39 is 5.25 Å². The first-order valence-corrected chi connectivity index (χ1v) is 11.0. The summed E-state index contributed by atoms with van der Waals surface area (Å²) in [6.07, 6.45) is 0.450. The number of carbonyl (C=O) groups is 2. The Morgan fingerprint density at radius 1 is 1.18 bits per heavy atom. The van der Waals surface area contributed by atoms with Gasteiger partial charge in [0, 0.05) is 5.02 Å². The average molecular weight is 532 g/mol. The van der Waals surface area contributed by atoms with Crippen molar-refractivity contribution < 1.29 is 19.1 Å². The summed E-state index contributed by atoms with van der Waals surface area (Å²) in [6, 6.07) is 11.0. The molecule has 0 unspecified atom stereocenters. The van der Waals surface area contributed by atoms with Crippen molar-refractivity contribution in [1.29, 1.82) is 0 Å². The summed E-state index contributed by atoms with van der Waals surface area (Å²) in [5.74, 6) is 1.15. The van der Waals surface area contributed by atoms with Crippen LogP contribution in [0.3, 0.4) is 0 Å². The molecule has 3 rings (SSSR count). The van der Waals surface area contributed by atoms with Crippen molar-refractivity contribution >= 4 is 57.1 Å². The Kier molecular flexibility index (Phi) is 7.11. The van der Waals surface area contributed by atoms with Crippen LogP contribution >= 0.6 is 46.0 Å². The maximum atomic E-state index is 12.8. The van der Waals surface area contributed by atoms with Crippen LogP contribution in [0.2, 0.25) is 5.02 Å². The van der Waals surface area contributed by atoms with Crippen LogP contribution in [0.1, 0.15) is 18.1 Å². The Bertz CT molecular complexity index is 891. The number of rotatable bonds is 7. The van der Waals surface area contributed by atoms with Crippen LogP contribution in [0.15, 0.2) is 36.4 Å². The molecule has 0 saturated carbocycles. The molecule has 2 amide bonds. The van der Waals surface area contributed by atoms with Crippen LogP contribution in [0, 0.1) is 3.57 Å². The molecule has 0 aliphatic carbocycles. The Labute approximate surface area is 186 Å². The quantitative estimate of drug-likeness (QED) is 0.462. The number of hydrogen-bond acceptors (Lipinski definition) is 5. The Morgan fingerprint density at radius 2 is 1.89 bits per heavy atom. The number of hydrogen-bond donors (Lipinski definition) is 0. The fourth-order valence-electron chi connectivity index (χ4n) is 2.93. The molecule has 1 atom stereocenters. The molecule has 0 spiro atoms. The lowest BCUT2D eigenvalue weighted by atomic mass is 10.1. The van der Waals surface area contributed by atoms with Crippen molar-refractivity contribution in [3.8, 4) is 11.5 Å². The van der Waals surface area contributed by atoms with Gasteiger partial charge in [0.05, 0.1) is 29.1 Å². The van der Waals surface area contributed by atoms with Crippen LogP contribution in [0.4, 0.5) is 4.79 Å². The number of thioether (sulfide) groups is 1. The van der Waals surface area contributed by atoms with Crippen LogP contribution in [-0.4, -0.2) is 35.0 Å². The molecule has 2 aromatic rings. The molecular formula is C20H19ClINO4S. The molecule has 0 radical (unpaired) electrons. The van der Waals surface area contributed by atoms with E-state index in [1.807, 2.05) is 31.2 Å². The van der Waals surface area contributed by atoms with Gasteiger partial charge in [0.15, 0.2) is 11.5 Å². The fraction of sp³-hybridized carbons (Fsp3) is 0.300. The van der Waals surface area contributed by atoms with E-state index in [9.17, 15) is 9.59 Å². The molecule has 5 nitrogen and oxygen atoms in total. The summed E-state index contributed by atoms with van der Waals surface area (Å²) < 4.78 is 12.0. The van der Waals surface area contributed by atoms with Crippen LogP contribution in [0.25, 0.3) is 0 Å². The molecule has 1 fully saturated rings. The predicted octanol–water partition coefficient (Wildman–Crippen LogP) is 5.16. The lowest BCUT2D eigenvalue weighted by molar-refractivity contribution is -0.127. The smallest absolute Gasteiger partial charge is 0.289 e. The molecule has 0 N–H and O–H groups in total. The van der Waals surface area contributed by atoms with Gasteiger partial charge in [-0.3, -0.25) is 14.5 Å². The van der Waals surface area contributed by atoms with Crippen LogP contribution in [0.5, 0.6) is 11.5 Å². The van der Waals surface area contributed by atoms with Crippen molar-refractivity contribution in [3.63, 3.8) is 0 Å². The zero-order valence-electron chi connectivity index (χ0n) is 15.4. The molecular weight excluding hydrogens is 513 g/mol. The van der Waals surface area contributed by atoms with E-state index in [1.165, 1.54) is 4.90 Å². The monoisotopic (exact) mass is 531 g/mol. The third kappa shape index (κ3) is 4.75. The third-order valence-corrected chi connectivity index (χ3v) is 6.39. The first-order chi connectivity index (χ1) is 13.4. The molecule has 0 bridgehead atoms. The number of benzene rings is 2. The highest BCUT2D eigenvalue weighted by molar-refractivity contribution is 14.1. The van der Waals surface area contributed by atoms with Crippen molar-refractivity contribution in [2.75, 3.05) is 13.7 Å². The van der Waals surface area contributed by atoms with Gasteiger partial charge >= 0.3 is 0 Å². The Hall–Kier alpha value is -1.45. The lowest BCUT2D eigenvalue weighted by Crippen LogP contribution is -2.31. The van der Waals surface area contributed by atoms with Gasteiger partial charge in [-0.15, -0.1) is 0 Å². The SMILES string of the molecule is CCOc1c(I)cc(C[C@@H]2SC(=O)N(Cc3ccc(Cl)cc3)C2=O)cc1OC. The lowest BCUT2D eigenvalue weighted by Gasteiger charge is -2.16. The largest absolute Gasteiger partial charge is 0.493 e. The topological polar surface area (TPSA) is 55.8 Å². The third-order valence-electron chi connectivity index (χ3n) is 4.26. The second kappa shape index (κ2) is 9.37. The van der Waals surface area contributed by atoms with E-state index >= 15 is 0 Å². The van der Waals surface area contributed by atoms with Gasteiger partial charge < -0.3 is 9.47 Å². The van der Waals surface area contributed by atoms with Gasteiger partial charge in [0.2, 0.25) is 5.91 Å². The molecule has 148 valence electrons. The number of amides is 2. The zero-order valence-corrected chi connectivity index (χ0v) is 19.1. The van der Waals surface area contributed by atoms with E-state index in [-0.39, 0.29) is 17.7 Å². The van der Waals surface area contributed by atoms with Gasteiger partial charge in [-0.25, -0.2) is 0 Å². The van der Waals surface area contributed by atoms with E-state index in [0.717, 1.165) is 26.5 Å². The predicted molar refractivity (Wildman–Crippen MR) is 119 cm³/mol. The average Bonchev–Trinajstić information content (AvgIpc) is 2.92. The highest BCUT2D eigenvalue weighted by Crippen LogP contribution is 2.36. The molecule has 0 aromatic heterocycles. The van der Waals surface area contributed by atoms with Gasteiger partial charge in [0.25, 0.3) is 5.24 Å². The minimum atomic E-state index is -0.446. The van der Waals surface area contributed by atoms with Crippen molar-refractivity contribution in [3.05, 3.63) is 56.1 Å². The Morgan fingerprint density at radius 3 is 2.54 bits per heavy atom. The minimum absolute atomic E-state index is 0.173. The number of carbonyl (C=O) groups excluding carboxylic acids is 2. The first kappa shape index (κ1) is 21.3. The highest BCUT2D eigenvalue weighted by Gasteiger charge is 2.39. The number of halogens is 2. The molecule has 1 heterocycles. The van der Waals surface area contributed by atoms with Gasteiger partial charge in [-0.2, -0.15) is 0 Å². The molecule has 2 aromatic carbocycles. The molecule has 28 heavy (non-hydrogen) atoms. The van der Waals surface area contributed by atoms with E-state index in [1.54, 1.807) is 19.2 Å². The summed E-state index contributed by atoms with van der Waals surface area (Å²) >= 11 is 9.16. The van der Waals surface area contributed by atoms with Gasteiger partial charge in [-0.1, -0.05) is 35.5 Å². The van der Waals surface area contributed by atoms with Gasteiger partial charge in [0.1, 0.15) is 0 Å². The summed E-state index contributed by atoms with van der Waals surface area (Å²) in [5.41, 5.74) is 1.79. The van der Waals surface area contributed by atoms with Crippen molar-refractivity contribution in [2.24, 2.45) is 0 Å². The summed E-state index contributed by atoms with van der Waals surface area (Å²) in [6.45, 7) is 2.71. The second-order valence-electron chi connectivity index (χ2n) is 6.17. The van der Waals surface area contributed by atoms with Gasteiger partial charge in [-0.05, 0) is 71.3 Å². The maximum Gasteiger partial charge on any atom is 0.289 e. The van der Waals surface area contributed by atoms with E-state index in [2.05, 4.69) is 22.6 Å². The fourth-order valence-corrected chi connectivity index (χ4v) is 4.91. The minimum Gasteiger partial charge on any atom is -0.493 e. The summed E-state index contributed by atoms with van der Waals surface area (Å²) in [4.78, 5) is 26.5. The number of imide groups is 1. The molecule has 1 saturated heterocycles.